The van der Waals surface area contributed by atoms with Crippen LogP contribution in [0.3, 0.4) is 0 Å². The van der Waals surface area contributed by atoms with Gasteiger partial charge in [0, 0.05) is 28.2 Å². The van der Waals surface area contributed by atoms with Crippen LogP contribution in [0.25, 0.3) is 0 Å². The van der Waals surface area contributed by atoms with E-state index in [1.807, 2.05) is 6.92 Å². The van der Waals surface area contributed by atoms with Gasteiger partial charge in [0.05, 0.1) is 10.6 Å². The molecule has 11 heteroatoms. The minimum absolute atomic E-state index is 0.0134. The summed E-state index contributed by atoms with van der Waals surface area (Å²) < 4.78 is 28.7. The standard InChI is InChI=1S/C29H32Cl3N3O4S/c1-4-15-33-29(37)27(5-2)34(18-21-12-13-22(30)16-26(21)32)28(36)19-35(23-14-11-20(3)25(31)17-23)40(38,39)24-9-7-6-8-10-24/h6-14,16-17,27H,4-5,15,18-19H2,1-3H3,(H,33,37)/t27-/m1/s1. The van der Waals surface area contributed by atoms with Crippen molar-refractivity contribution in [1.82, 2.24) is 10.2 Å². The number of nitrogens with one attached hydrogen (secondary N) is 1. The van der Waals surface area contributed by atoms with Gasteiger partial charge in [-0.15, -0.1) is 0 Å². The molecule has 7 nitrogen and oxygen atoms in total. The first-order chi connectivity index (χ1) is 19.0. The fourth-order valence-corrected chi connectivity index (χ4v) is 6.17. The third-order valence-electron chi connectivity index (χ3n) is 6.34. The molecule has 0 aliphatic heterocycles. The Labute approximate surface area is 251 Å². The first-order valence-corrected chi connectivity index (χ1v) is 15.4. The van der Waals surface area contributed by atoms with Crippen LogP contribution >= 0.6 is 34.8 Å². The average molecular weight is 625 g/mol. The van der Waals surface area contributed by atoms with Gasteiger partial charge in [-0.25, -0.2) is 8.42 Å². The molecule has 0 aromatic heterocycles. The van der Waals surface area contributed by atoms with E-state index >= 15 is 0 Å². The molecule has 1 N–H and O–H groups in total. The van der Waals surface area contributed by atoms with Crippen molar-refractivity contribution in [3.05, 3.63) is 92.9 Å². The summed E-state index contributed by atoms with van der Waals surface area (Å²) in [6, 6.07) is 16.6. The van der Waals surface area contributed by atoms with E-state index in [1.54, 1.807) is 62.4 Å². The Morgan fingerprint density at radius 1 is 0.925 bits per heavy atom. The molecular formula is C29H32Cl3N3O4S. The molecule has 0 unspecified atom stereocenters. The number of benzene rings is 3. The van der Waals surface area contributed by atoms with Crippen molar-refractivity contribution in [3.8, 4) is 0 Å². The van der Waals surface area contributed by atoms with Gasteiger partial charge in [0.15, 0.2) is 0 Å². The number of amides is 2. The number of hydrogen-bond acceptors (Lipinski definition) is 4. The fraction of sp³-hybridized carbons (Fsp3) is 0.310. The number of carbonyl (C=O) groups excluding carboxylic acids is 2. The van der Waals surface area contributed by atoms with Crippen LogP contribution in [0.2, 0.25) is 15.1 Å². The number of rotatable bonds is 12. The molecular weight excluding hydrogens is 593 g/mol. The first kappa shape index (κ1) is 31.7. The Morgan fingerprint density at radius 3 is 2.23 bits per heavy atom. The highest BCUT2D eigenvalue weighted by Crippen LogP contribution is 2.29. The maximum absolute atomic E-state index is 14.1. The van der Waals surface area contributed by atoms with E-state index < -0.39 is 28.5 Å². The lowest BCUT2D eigenvalue weighted by Crippen LogP contribution is -2.52. The molecule has 0 fully saturated rings. The molecule has 0 aliphatic rings. The van der Waals surface area contributed by atoms with Crippen LogP contribution in [0.4, 0.5) is 5.69 Å². The van der Waals surface area contributed by atoms with Crippen molar-refractivity contribution in [2.75, 3.05) is 17.4 Å². The van der Waals surface area contributed by atoms with Gasteiger partial charge < -0.3 is 10.2 Å². The summed E-state index contributed by atoms with van der Waals surface area (Å²) in [7, 11) is -4.18. The highest BCUT2D eigenvalue weighted by atomic mass is 35.5. The molecule has 1 atom stereocenters. The highest BCUT2D eigenvalue weighted by molar-refractivity contribution is 7.92. The zero-order valence-electron chi connectivity index (χ0n) is 22.5. The summed E-state index contributed by atoms with van der Waals surface area (Å²) in [5.74, 6) is -0.917. The van der Waals surface area contributed by atoms with Crippen molar-refractivity contribution in [2.45, 2.75) is 51.1 Å². The summed E-state index contributed by atoms with van der Waals surface area (Å²) in [5, 5.41) is 3.96. The number of nitrogens with zero attached hydrogens (tertiary/aromatic N) is 2. The maximum atomic E-state index is 14.1. The lowest BCUT2D eigenvalue weighted by Gasteiger charge is -2.33. The van der Waals surface area contributed by atoms with Gasteiger partial charge in [-0.05, 0) is 67.3 Å². The van der Waals surface area contributed by atoms with Crippen molar-refractivity contribution in [3.63, 3.8) is 0 Å². The number of sulfonamides is 1. The number of anilines is 1. The number of halogens is 3. The van der Waals surface area contributed by atoms with Gasteiger partial charge in [0.2, 0.25) is 11.8 Å². The van der Waals surface area contributed by atoms with Crippen molar-refractivity contribution < 1.29 is 18.0 Å². The fourth-order valence-electron chi connectivity index (χ4n) is 4.10. The minimum atomic E-state index is -4.18. The van der Waals surface area contributed by atoms with Gasteiger partial charge in [-0.3, -0.25) is 13.9 Å². The highest BCUT2D eigenvalue weighted by Gasteiger charge is 2.34. The smallest absolute Gasteiger partial charge is 0.264 e. The molecule has 0 spiro atoms. The minimum Gasteiger partial charge on any atom is -0.354 e. The molecule has 40 heavy (non-hydrogen) atoms. The topological polar surface area (TPSA) is 86.8 Å². The van der Waals surface area contributed by atoms with Crippen LogP contribution < -0.4 is 9.62 Å². The number of hydrogen-bond donors (Lipinski definition) is 1. The van der Waals surface area contributed by atoms with E-state index in [0.717, 1.165) is 16.3 Å². The van der Waals surface area contributed by atoms with Gasteiger partial charge in [-0.2, -0.15) is 0 Å². The maximum Gasteiger partial charge on any atom is 0.264 e. The number of carbonyl (C=O) groups is 2. The Bertz CT molecular complexity index is 1450. The summed E-state index contributed by atoms with van der Waals surface area (Å²) in [6.07, 6.45) is 1.02. The SMILES string of the molecule is CCCNC(=O)[C@@H](CC)N(Cc1ccc(Cl)cc1Cl)C(=O)CN(c1ccc(C)c(Cl)c1)S(=O)(=O)c1ccccc1. The van der Waals surface area contributed by atoms with Gasteiger partial charge in [0.25, 0.3) is 10.0 Å². The van der Waals surface area contributed by atoms with E-state index in [-0.39, 0.29) is 23.0 Å². The van der Waals surface area contributed by atoms with Gasteiger partial charge in [0.1, 0.15) is 12.6 Å². The first-order valence-electron chi connectivity index (χ1n) is 12.8. The third-order valence-corrected chi connectivity index (χ3v) is 9.13. The molecule has 3 rings (SSSR count). The zero-order chi connectivity index (χ0) is 29.4. The Balaban J connectivity index is 2.08. The molecule has 0 saturated carbocycles. The lowest BCUT2D eigenvalue weighted by atomic mass is 10.1. The Hall–Kier alpha value is -2.78. The predicted molar refractivity (Wildman–Crippen MR) is 162 cm³/mol. The molecule has 3 aromatic carbocycles. The van der Waals surface area contributed by atoms with Crippen LogP contribution in [0, 0.1) is 6.92 Å². The summed E-state index contributed by atoms with van der Waals surface area (Å²) in [4.78, 5) is 28.6. The van der Waals surface area contributed by atoms with Gasteiger partial charge >= 0.3 is 0 Å². The predicted octanol–water partition coefficient (Wildman–Crippen LogP) is 6.48. The monoisotopic (exact) mass is 623 g/mol. The zero-order valence-corrected chi connectivity index (χ0v) is 25.6. The molecule has 3 aromatic rings. The average Bonchev–Trinajstić information content (AvgIpc) is 2.93. The molecule has 0 bridgehead atoms. The third kappa shape index (κ3) is 7.69. The number of aryl methyl sites for hydroxylation is 1. The summed E-state index contributed by atoms with van der Waals surface area (Å²) in [6.45, 7) is 5.36. The van der Waals surface area contributed by atoms with E-state index in [9.17, 15) is 18.0 Å². The van der Waals surface area contributed by atoms with E-state index in [1.165, 1.54) is 23.1 Å². The summed E-state index contributed by atoms with van der Waals surface area (Å²) in [5.41, 5.74) is 1.55. The molecule has 0 aliphatic carbocycles. The van der Waals surface area contributed by atoms with Crippen LogP contribution in [0.5, 0.6) is 0 Å². The second-order valence-corrected chi connectivity index (χ2v) is 12.3. The van der Waals surface area contributed by atoms with Gasteiger partial charge in [-0.1, -0.05) is 79.0 Å². The lowest BCUT2D eigenvalue weighted by molar-refractivity contribution is -0.140. The molecule has 2 amide bonds. The van der Waals surface area contributed by atoms with Crippen molar-refractivity contribution >= 4 is 62.3 Å². The largest absolute Gasteiger partial charge is 0.354 e. The van der Waals surface area contributed by atoms with Crippen molar-refractivity contribution in [2.24, 2.45) is 0 Å². The second kappa shape index (κ2) is 14.2. The Morgan fingerprint density at radius 2 is 1.62 bits per heavy atom. The van der Waals surface area contributed by atoms with Crippen molar-refractivity contribution in [1.29, 1.82) is 0 Å². The van der Waals surface area contributed by atoms with E-state index in [0.29, 0.717) is 33.6 Å². The normalized spacial score (nSPS) is 12.1. The second-order valence-electron chi connectivity index (χ2n) is 9.23. The van der Waals surface area contributed by atoms with E-state index in [2.05, 4.69) is 5.32 Å². The van der Waals surface area contributed by atoms with Crippen LogP contribution in [-0.2, 0) is 26.2 Å². The molecule has 214 valence electrons. The van der Waals surface area contributed by atoms with Crippen LogP contribution in [0.1, 0.15) is 37.8 Å². The van der Waals surface area contributed by atoms with Crippen LogP contribution in [-0.4, -0.2) is 44.3 Å². The quantitative estimate of drug-likeness (QED) is 0.250. The van der Waals surface area contributed by atoms with Crippen LogP contribution in [0.15, 0.2) is 71.6 Å². The molecule has 0 radical (unpaired) electrons. The Kier molecular flexibility index (Phi) is 11.3. The molecule has 0 heterocycles. The summed E-state index contributed by atoms with van der Waals surface area (Å²) >= 11 is 18.9. The molecule has 0 saturated heterocycles. The van der Waals surface area contributed by atoms with E-state index in [4.69, 9.17) is 34.8 Å².